The number of amides is 2. The first-order chi connectivity index (χ1) is 16.3. The second kappa shape index (κ2) is 10.9. The van der Waals surface area contributed by atoms with Crippen LogP contribution in [0.2, 0.25) is 5.02 Å². The summed E-state index contributed by atoms with van der Waals surface area (Å²) in [4.78, 5) is 31.6. The Balaban J connectivity index is 1.53. The van der Waals surface area contributed by atoms with E-state index in [1.165, 1.54) is 4.88 Å². The minimum absolute atomic E-state index is 0.0138. The zero-order valence-electron chi connectivity index (χ0n) is 19.0. The van der Waals surface area contributed by atoms with E-state index in [1.54, 1.807) is 40.5 Å². The van der Waals surface area contributed by atoms with Crippen molar-refractivity contribution in [1.29, 1.82) is 0 Å². The molecule has 5 nitrogen and oxygen atoms in total. The molecule has 1 aromatic heterocycles. The maximum absolute atomic E-state index is 13.6. The highest BCUT2D eigenvalue weighted by molar-refractivity contribution is 9.10. The molecule has 0 aliphatic carbocycles. The summed E-state index contributed by atoms with van der Waals surface area (Å²) in [6.45, 7) is 4.80. The van der Waals surface area contributed by atoms with Gasteiger partial charge in [-0.25, -0.2) is 0 Å². The monoisotopic (exact) mass is 560 g/mol. The summed E-state index contributed by atoms with van der Waals surface area (Å²) in [5.41, 5.74) is 1.67. The van der Waals surface area contributed by atoms with Crippen molar-refractivity contribution < 1.29 is 14.3 Å². The predicted octanol–water partition coefficient (Wildman–Crippen LogP) is 6.22. The molecular formula is C26H26BrClN2O3S. The number of ether oxygens (including phenoxy) is 1. The third-order valence-corrected chi connectivity index (χ3v) is 7.64. The quantitative estimate of drug-likeness (QED) is 0.344. The lowest BCUT2D eigenvalue weighted by Gasteiger charge is -2.37. The van der Waals surface area contributed by atoms with E-state index in [0.717, 1.165) is 16.5 Å². The molecule has 1 aliphatic rings. The van der Waals surface area contributed by atoms with Gasteiger partial charge in [-0.2, -0.15) is 0 Å². The molecular weight excluding hydrogens is 536 g/mol. The maximum atomic E-state index is 13.6. The highest BCUT2D eigenvalue weighted by Crippen LogP contribution is 2.34. The maximum Gasteiger partial charge on any atom is 0.254 e. The fraction of sp³-hybridized carbons (Fsp3) is 0.308. The largest absolute Gasteiger partial charge is 0.491 e. The zero-order chi connectivity index (χ0) is 24.2. The normalized spacial score (nSPS) is 15.2. The molecule has 1 unspecified atom stereocenters. The summed E-state index contributed by atoms with van der Waals surface area (Å²) in [7, 11) is 0. The Labute approximate surface area is 217 Å². The molecule has 1 atom stereocenters. The summed E-state index contributed by atoms with van der Waals surface area (Å²) >= 11 is 11.1. The number of carbonyl (C=O) groups is 2. The minimum atomic E-state index is -0.215. The number of benzene rings is 2. The number of carbonyl (C=O) groups excluding carboxylic acids is 2. The van der Waals surface area contributed by atoms with Gasteiger partial charge in [0.25, 0.3) is 5.91 Å². The first-order valence-electron chi connectivity index (χ1n) is 11.1. The molecule has 0 spiro atoms. The summed E-state index contributed by atoms with van der Waals surface area (Å²) in [6.07, 6.45) is 0.803. The zero-order valence-corrected chi connectivity index (χ0v) is 22.2. The lowest BCUT2D eigenvalue weighted by Crippen LogP contribution is -2.49. The third kappa shape index (κ3) is 5.65. The van der Waals surface area contributed by atoms with E-state index in [2.05, 4.69) is 27.4 Å². The van der Waals surface area contributed by atoms with Crippen LogP contribution in [0.5, 0.6) is 5.75 Å². The molecule has 0 saturated carbocycles. The lowest BCUT2D eigenvalue weighted by molar-refractivity contribution is -0.136. The molecule has 178 valence electrons. The van der Waals surface area contributed by atoms with Crippen molar-refractivity contribution in [2.75, 3.05) is 19.7 Å². The van der Waals surface area contributed by atoms with Crippen LogP contribution in [0.3, 0.4) is 0 Å². The Hall–Kier alpha value is -2.35. The van der Waals surface area contributed by atoms with Gasteiger partial charge in [-0.05, 0) is 79.7 Å². The van der Waals surface area contributed by atoms with E-state index in [-0.39, 0.29) is 30.4 Å². The van der Waals surface area contributed by atoms with Crippen LogP contribution in [0.1, 0.15) is 40.7 Å². The standard InChI is InChI=1S/C26H26BrClN2O3S/c1-17(2)30(26(32)18-4-3-5-19(27)14-18)15-25(31)29-12-10-24-22(11-13-34-24)23(29)16-33-21-8-6-20(28)7-9-21/h3-9,11,13-14,17,23H,10,12,15-16H2,1-2H3. The molecule has 34 heavy (non-hydrogen) atoms. The van der Waals surface area contributed by atoms with Gasteiger partial charge in [0.1, 0.15) is 18.9 Å². The van der Waals surface area contributed by atoms with E-state index in [4.69, 9.17) is 16.3 Å². The number of rotatable bonds is 7. The summed E-state index contributed by atoms with van der Waals surface area (Å²) in [5, 5.41) is 2.70. The van der Waals surface area contributed by atoms with Crippen LogP contribution < -0.4 is 4.74 Å². The number of halogens is 2. The van der Waals surface area contributed by atoms with E-state index < -0.39 is 0 Å². The van der Waals surface area contributed by atoms with Gasteiger partial charge in [-0.15, -0.1) is 11.3 Å². The van der Waals surface area contributed by atoms with Crippen molar-refractivity contribution in [3.05, 3.63) is 85.5 Å². The molecule has 2 heterocycles. The van der Waals surface area contributed by atoms with Crippen molar-refractivity contribution in [2.24, 2.45) is 0 Å². The third-order valence-electron chi connectivity index (χ3n) is 5.90. The van der Waals surface area contributed by atoms with Crippen LogP contribution in [0, 0.1) is 0 Å². The lowest BCUT2D eigenvalue weighted by atomic mass is 10.00. The van der Waals surface area contributed by atoms with Gasteiger partial charge >= 0.3 is 0 Å². The number of nitrogens with zero attached hydrogens (tertiary/aromatic N) is 2. The number of thiophene rings is 1. The predicted molar refractivity (Wildman–Crippen MR) is 140 cm³/mol. The Morgan fingerprint density at radius 3 is 2.68 bits per heavy atom. The van der Waals surface area contributed by atoms with Gasteiger partial charge in [0, 0.05) is 32.5 Å². The average molecular weight is 562 g/mol. The van der Waals surface area contributed by atoms with Crippen molar-refractivity contribution >= 4 is 50.7 Å². The Morgan fingerprint density at radius 1 is 1.21 bits per heavy atom. The van der Waals surface area contributed by atoms with E-state index in [9.17, 15) is 9.59 Å². The fourth-order valence-corrected chi connectivity index (χ4v) is 5.55. The van der Waals surface area contributed by atoms with Gasteiger partial charge in [0.15, 0.2) is 0 Å². The highest BCUT2D eigenvalue weighted by atomic mass is 79.9. The average Bonchev–Trinajstić information content (AvgIpc) is 3.30. The molecule has 2 aromatic carbocycles. The summed E-state index contributed by atoms with van der Waals surface area (Å²) < 4.78 is 6.88. The molecule has 0 saturated heterocycles. The van der Waals surface area contributed by atoms with Gasteiger partial charge in [0.05, 0.1) is 6.04 Å². The second-order valence-corrected chi connectivity index (χ2v) is 10.8. The molecule has 1 aliphatic heterocycles. The van der Waals surface area contributed by atoms with E-state index >= 15 is 0 Å². The molecule has 0 bridgehead atoms. The molecule has 0 radical (unpaired) electrons. The first-order valence-corrected chi connectivity index (χ1v) is 13.2. The minimum Gasteiger partial charge on any atom is -0.491 e. The van der Waals surface area contributed by atoms with E-state index in [1.807, 2.05) is 43.0 Å². The van der Waals surface area contributed by atoms with Crippen molar-refractivity contribution in [2.45, 2.75) is 32.4 Å². The smallest absolute Gasteiger partial charge is 0.254 e. The highest BCUT2D eigenvalue weighted by Gasteiger charge is 2.34. The van der Waals surface area contributed by atoms with Crippen LogP contribution in [0.4, 0.5) is 0 Å². The number of fused-ring (bicyclic) bond motifs is 1. The molecule has 0 fully saturated rings. The van der Waals surface area contributed by atoms with Gasteiger partial charge in [-0.3, -0.25) is 9.59 Å². The summed E-state index contributed by atoms with van der Waals surface area (Å²) in [6, 6.07) is 16.2. The van der Waals surface area contributed by atoms with Crippen LogP contribution in [-0.2, 0) is 11.2 Å². The SMILES string of the molecule is CC(C)N(CC(=O)N1CCc2sccc2C1COc1ccc(Cl)cc1)C(=O)c1cccc(Br)c1. The van der Waals surface area contributed by atoms with Crippen LogP contribution in [-0.4, -0.2) is 47.4 Å². The Kier molecular flexibility index (Phi) is 7.96. The van der Waals surface area contributed by atoms with Crippen LogP contribution >= 0.6 is 38.9 Å². The van der Waals surface area contributed by atoms with Gasteiger partial charge < -0.3 is 14.5 Å². The van der Waals surface area contributed by atoms with Crippen molar-refractivity contribution in [1.82, 2.24) is 9.80 Å². The summed E-state index contributed by atoms with van der Waals surface area (Å²) in [5.74, 6) is 0.457. The van der Waals surface area contributed by atoms with Crippen LogP contribution in [0.25, 0.3) is 0 Å². The van der Waals surface area contributed by atoms with Crippen LogP contribution in [0.15, 0.2) is 64.5 Å². The molecule has 2 amide bonds. The number of hydrogen-bond donors (Lipinski definition) is 0. The Bertz CT molecular complexity index is 1160. The van der Waals surface area contributed by atoms with Gasteiger partial charge in [-0.1, -0.05) is 33.6 Å². The second-order valence-electron chi connectivity index (χ2n) is 8.45. The molecule has 0 N–H and O–H groups in total. The number of hydrogen-bond acceptors (Lipinski definition) is 4. The molecule has 8 heteroatoms. The molecule has 4 rings (SSSR count). The fourth-order valence-electron chi connectivity index (χ4n) is 4.09. The van der Waals surface area contributed by atoms with Gasteiger partial charge in [0.2, 0.25) is 5.91 Å². The van der Waals surface area contributed by atoms with Crippen molar-refractivity contribution in [3.63, 3.8) is 0 Å². The van der Waals surface area contributed by atoms with Crippen molar-refractivity contribution in [3.8, 4) is 5.75 Å². The Morgan fingerprint density at radius 2 is 1.97 bits per heavy atom. The topological polar surface area (TPSA) is 49.9 Å². The molecule has 3 aromatic rings. The first kappa shape index (κ1) is 24.8. The van der Waals surface area contributed by atoms with E-state index in [0.29, 0.717) is 29.5 Å².